The number of anilines is 1. The van der Waals surface area contributed by atoms with E-state index in [-0.39, 0.29) is 28.9 Å². The molecule has 38 heavy (non-hydrogen) atoms. The zero-order valence-electron chi connectivity index (χ0n) is 19.0. The molecular weight excluding hydrogens is 506 g/mol. The van der Waals surface area contributed by atoms with Crippen LogP contribution in [-0.2, 0) is 6.18 Å². The number of aromatic nitrogens is 4. The van der Waals surface area contributed by atoms with Crippen LogP contribution in [-0.4, -0.2) is 31.2 Å². The topological polar surface area (TPSA) is 112 Å². The largest absolute Gasteiger partial charge is 0.543 e. The summed E-state index contributed by atoms with van der Waals surface area (Å²) in [5.41, 5.74) is -1.95. The van der Waals surface area contributed by atoms with Crippen LogP contribution in [0, 0.1) is 5.82 Å². The van der Waals surface area contributed by atoms with Gasteiger partial charge < -0.3 is 15.2 Å². The molecule has 0 unspecified atom stereocenters. The van der Waals surface area contributed by atoms with Gasteiger partial charge in [0.15, 0.2) is 11.5 Å². The fourth-order valence-electron chi connectivity index (χ4n) is 3.97. The number of carbonyl (C=O) groups is 2. The lowest BCUT2D eigenvalue weighted by Crippen LogP contribution is -2.24. The van der Waals surface area contributed by atoms with Crippen molar-refractivity contribution in [2.75, 3.05) is 5.32 Å². The summed E-state index contributed by atoms with van der Waals surface area (Å²) >= 11 is 0. The van der Waals surface area contributed by atoms with Gasteiger partial charge in [-0.15, -0.1) is 0 Å². The molecule has 0 aliphatic heterocycles. The molecular formula is C26H14F4N5O3-. The third-order valence-corrected chi connectivity index (χ3v) is 5.68. The summed E-state index contributed by atoms with van der Waals surface area (Å²) in [6, 6.07) is 12.5. The van der Waals surface area contributed by atoms with E-state index in [0.717, 1.165) is 16.7 Å². The smallest absolute Gasteiger partial charge is 0.417 e. The summed E-state index contributed by atoms with van der Waals surface area (Å²) in [7, 11) is 0. The molecule has 0 fully saturated rings. The number of aromatic carboxylic acids is 1. The number of amides is 1. The molecule has 0 saturated carbocycles. The first-order valence-corrected chi connectivity index (χ1v) is 10.9. The maximum Gasteiger partial charge on any atom is 0.417 e. The van der Waals surface area contributed by atoms with E-state index in [2.05, 4.69) is 20.3 Å². The summed E-state index contributed by atoms with van der Waals surface area (Å²) in [4.78, 5) is 36.5. The number of rotatable bonds is 5. The number of hydrogen-bond acceptors (Lipinski definition) is 6. The molecule has 5 rings (SSSR count). The van der Waals surface area contributed by atoms with Gasteiger partial charge in [-0.3, -0.25) is 9.20 Å². The lowest BCUT2D eigenvalue weighted by Gasteiger charge is -2.16. The van der Waals surface area contributed by atoms with E-state index in [0.29, 0.717) is 11.1 Å². The van der Waals surface area contributed by atoms with E-state index in [1.165, 1.54) is 30.7 Å². The Hall–Kier alpha value is -5.13. The molecule has 0 radical (unpaired) electrons. The molecule has 1 N–H and O–H groups in total. The third-order valence-electron chi connectivity index (χ3n) is 5.68. The predicted octanol–water partition coefficient (Wildman–Crippen LogP) is 4.23. The summed E-state index contributed by atoms with van der Waals surface area (Å²) in [6.45, 7) is 0. The normalized spacial score (nSPS) is 11.5. The van der Waals surface area contributed by atoms with Crippen LogP contribution in [0.2, 0.25) is 0 Å². The molecule has 190 valence electrons. The van der Waals surface area contributed by atoms with E-state index in [1.807, 2.05) is 0 Å². The van der Waals surface area contributed by atoms with E-state index in [9.17, 15) is 32.3 Å². The number of alkyl halides is 3. The fourth-order valence-corrected chi connectivity index (χ4v) is 3.97. The minimum absolute atomic E-state index is 0.00200. The zero-order chi connectivity index (χ0) is 27.0. The maximum atomic E-state index is 15.0. The number of carboxylic acids is 1. The van der Waals surface area contributed by atoms with Gasteiger partial charge in [0, 0.05) is 29.7 Å². The van der Waals surface area contributed by atoms with Crippen LogP contribution < -0.4 is 10.4 Å². The number of hydrogen-bond donors (Lipinski definition) is 1. The molecule has 5 aromatic rings. The highest BCUT2D eigenvalue weighted by atomic mass is 19.4. The van der Waals surface area contributed by atoms with Crippen molar-refractivity contribution in [3.63, 3.8) is 0 Å². The van der Waals surface area contributed by atoms with Crippen molar-refractivity contribution < 1.29 is 32.3 Å². The van der Waals surface area contributed by atoms with Gasteiger partial charge in [-0.05, 0) is 29.8 Å². The van der Waals surface area contributed by atoms with Crippen LogP contribution in [0.4, 0.5) is 23.2 Å². The van der Waals surface area contributed by atoms with Crippen molar-refractivity contribution in [1.29, 1.82) is 0 Å². The second kappa shape index (κ2) is 9.39. The lowest BCUT2D eigenvalue weighted by molar-refractivity contribution is -0.255. The summed E-state index contributed by atoms with van der Waals surface area (Å²) in [6.07, 6.45) is -0.0849. The molecule has 0 saturated heterocycles. The Balaban J connectivity index is 1.66. The monoisotopic (exact) mass is 520 g/mol. The third kappa shape index (κ3) is 4.43. The van der Waals surface area contributed by atoms with Gasteiger partial charge in [-0.25, -0.2) is 19.3 Å². The van der Waals surface area contributed by atoms with Gasteiger partial charge in [-0.1, -0.05) is 30.3 Å². The Bertz CT molecular complexity index is 1690. The van der Waals surface area contributed by atoms with Crippen LogP contribution >= 0.6 is 0 Å². The Morgan fingerprint density at radius 1 is 0.921 bits per heavy atom. The predicted molar refractivity (Wildman–Crippen MR) is 125 cm³/mol. The highest BCUT2D eigenvalue weighted by Crippen LogP contribution is 2.38. The van der Waals surface area contributed by atoms with Crippen molar-refractivity contribution >= 4 is 23.2 Å². The summed E-state index contributed by atoms with van der Waals surface area (Å²) in [5, 5.41) is 14.0. The molecule has 8 nitrogen and oxygen atoms in total. The molecule has 0 spiro atoms. The average Bonchev–Trinajstić information content (AvgIpc) is 3.34. The zero-order valence-corrected chi connectivity index (χ0v) is 19.0. The van der Waals surface area contributed by atoms with Gasteiger partial charge in [0.1, 0.15) is 5.82 Å². The standard InChI is InChI=1S/C26H15F4N5O3/c27-19-12-18(26(28,29)30)16(22-31-8-4-9-32-22)11-17(19)24(36)34-21-15(14-5-2-1-3-6-14)7-10-35-20(25(37)38)13-33-23(21)35/h1-13H,(H,34,36)(H,37,38)/p-1. The molecule has 2 aromatic carbocycles. The van der Waals surface area contributed by atoms with E-state index < -0.39 is 40.6 Å². The molecule has 0 aliphatic rings. The minimum atomic E-state index is -4.95. The second-order valence-electron chi connectivity index (χ2n) is 8.00. The number of benzene rings is 2. The Morgan fingerprint density at radius 2 is 1.63 bits per heavy atom. The summed E-state index contributed by atoms with van der Waals surface area (Å²) < 4.78 is 57.2. The Kier molecular flexibility index (Phi) is 6.07. The molecule has 3 aromatic heterocycles. The summed E-state index contributed by atoms with van der Waals surface area (Å²) in [5.74, 6) is -4.41. The van der Waals surface area contributed by atoms with Gasteiger partial charge in [0.05, 0.1) is 34.7 Å². The van der Waals surface area contributed by atoms with Crippen molar-refractivity contribution in [2.45, 2.75) is 6.18 Å². The highest BCUT2D eigenvalue weighted by Gasteiger charge is 2.36. The number of carbonyl (C=O) groups excluding carboxylic acids is 2. The van der Waals surface area contributed by atoms with Crippen LogP contribution in [0.15, 0.2) is 79.4 Å². The van der Waals surface area contributed by atoms with Gasteiger partial charge in [0.2, 0.25) is 0 Å². The first kappa shape index (κ1) is 24.6. The number of carboxylic acid groups (broad SMARTS) is 1. The van der Waals surface area contributed by atoms with Crippen molar-refractivity contribution in [2.24, 2.45) is 0 Å². The fraction of sp³-hybridized carbons (Fsp3) is 0.0385. The first-order chi connectivity index (χ1) is 18.1. The number of nitrogens with zero attached hydrogens (tertiary/aromatic N) is 4. The second-order valence-corrected chi connectivity index (χ2v) is 8.00. The number of nitrogens with one attached hydrogen (secondary N) is 1. The van der Waals surface area contributed by atoms with E-state index >= 15 is 0 Å². The molecule has 1 amide bonds. The minimum Gasteiger partial charge on any atom is -0.543 e. The highest BCUT2D eigenvalue weighted by molar-refractivity contribution is 6.09. The van der Waals surface area contributed by atoms with E-state index in [1.54, 1.807) is 30.3 Å². The molecule has 12 heteroatoms. The number of fused-ring (bicyclic) bond motifs is 1. The molecule has 0 bridgehead atoms. The first-order valence-electron chi connectivity index (χ1n) is 10.9. The number of pyridine rings is 1. The number of imidazole rings is 1. The lowest BCUT2D eigenvalue weighted by atomic mass is 10.0. The molecule has 0 aliphatic carbocycles. The van der Waals surface area contributed by atoms with Crippen LogP contribution in [0.1, 0.15) is 26.4 Å². The average molecular weight is 520 g/mol. The van der Waals surface area contributed by atoms with E-state index in [4.69, 9.17) is 0 Å². The quantitative estimate of drug-likeness (QED) is 0.347. The Labute approximate surface area is 211 Å². The van der Waals surface area contributed by atoms with Crippen molar-refractivity contribution in [1.82, 2.24) is 19.4 Å². The van der Waals surface area contributed by atoms with Crippen molar-refractivity contribution in [3.8, 4) is 22.5 Å². The molecule has 0 atom stereocenters. The maximum absolute atomic E-state index is 15.0. The van der Waals surface area contributed by atoms with Crippen molar-refractivity contribution in [3.05, 3.63) is 102 Å². The van der Waals surface area contributed by atoms with Crippen LogP contribution in [0.5, 0.6) is 0 Å². The van der Waals surface area contributed by atoms with Gasteiger partial charge in [0.25, 0.3) is 5.91 Å². The van der Waals surface area contributed by atoms with Gasteiger partial charge >= 0.3 is 6.18 Å². The Morgan fingerprint density at radius 3 is 2.29 bits per heavy atom. The van der Waals surface area contributed by atoms with Gasteiger partial charge in [-0.2, -0.15) is 13.2 Å². The SMILES string of the molecule is O=C(Nc1c(-c2ccccc2)ccn2c(C(=O)[O-])cnc12)c1cc(-c2ncccn2)c(C(F)(F)F)cc1F. The van der Waals surface area contributed by atoms with Crippen LogP contribution in [0.25, 0.3) is 28.2 Å². The van der Waals surface area contributed by atoms with Crippen LogP contribution in [0.3, 0.4) is 0 Å². The number of halogens is 4. The molecule has 3 heterocycles.